The smallest absolute Gasteiger partial charge is 0.337 e. The van der Waals surface area contributed by atoms with Gasteiger partial charge in [0, 0.05) is 6.61 Å². The van der Waals surface area contributed by atoms with Gasteiger partial charge in [0.05, 0.1) is 6.61 Å². The van der Waals surface area contributed by atoms with E-state index in [1.165, 1.54) is 0 Å². The van der Waals surface area contributed by atoms with Crippen molar-refractivity contribution >= 4 is 5.97 Å². The number of hydrogen-bond donors (Lipinski definition) is 0. The summed E-state index contributed by atoms with van der Waals surface area (Å²) in [7, 11) is 0. The summed E-state index contributed by atoms with van der Waals surface area (Å²) in [6.45, 7) is 8.44. The van der Waals surface area contributed by atoms with Crippen molar-refractivity contribution in [2.45, 2.75) is 84.7 Å². The molecule has 0 unspecified atom stereocenters. The van der Waals surface area contributed by atoms with E-state index in [1.807, 2.05) is 0 Å². The van der Waals surface area contributed by atoms with Gasteiger partial charge >= 0.3 is 5.97 Å². The summed E-state index contributed by atoms with van der Waals surface area (Å²) in [6, 6.07) is 0. The molecule has 0 aromatic rings. The van der Waals surface area contributed by atoms with E-state index in [0.29, 0.717) is 13.2 Å². The Labute approximate surface area is 179 Å². The third-order valence-corrected chi connectivity index (χ3v) is 4.15. The summed E-state index contributed by atoms with van der Waals surface area (Å²) in [5.41, 5.74) is -0.854. The molecule has 0 rings (SSSR count). The number of unbranched alkanes of at least 4 members (excludes halogenated alkanes) is 2. The second-order valence-electron chi connectivity index (χ2n) is 7.28. The first-order valence-electron chi connectivity index (χ1n) is 11.1. The van der Waals surface area contributed by atoms with Crippen LogP contribution >= 0.6 is 0 Å². The molecule has 0 aliphatic rings. The van der Waals surface area contributed by atoms with Gasteiger partial charge in [0.25, 0.3) is 0 Å². The highest BCUT2D eigenvalue weighted by Crippen LogP contribution is 2.13. The zero-order chi connectivity index (χ0) is 21.6. The van der Waals surface area contributed by atoms with E-state index in [4.69, 9.17) is 9.47 Å². The molecule has 0 saturated carbocycles. The van der Waals surface area contributed by atoms with Crippen LogP contribution in [0, 0.1) is 0 Å². The molecule has 0 saturated heterocycles. The summed E-state index contributed by atoms with van der Waals surface area (Å²) in [4.78, 5) is 11.7. The molecule has 0 heterocycles. The molecule has 3 nitrogen and oxygen atoms in total. The molecular formula is C26H42O3. The molecule has 0 N–H and O–H groups in total. The maximum absolute atomic E-state index is 11.7. The molecule has 0 amide bonds. The lowest BCUT2D eigenvalue weighted by molar-refractivity contribution is -0.167. The summed E-state index contributed by atoms with van der Waals surface area (Å²) in [5, 5.41) is 0. The SMILES string of the molecule is CC/C=C\C/C=C\C/C=C\C/C=C\C/C=C\CCCCOC(C)(C)C(=O)OCC. The first kappa shape index (κ1) is 27.1. The van der Waals surface area contributed by atoms with Crippen LogP contribution in [0.3, 0.4) is 0 Å². The Morgan fingerprint density at radius 3 is 1.69 bits per heavy atom. The van der Waals surface area contributed by atoms with Gasteiger partial charge < -0.3 is 9.47 Å². The van der Waals surface area contributed by atoms with Crippen LogP contribution in [0.1, 0.15) is 79.1 Å². The van der Waals surface area contributed by atoms with E-state index in [9.17, 15) is 4.79 Å². The molecular weight excluding hydrogens is 360 g/mol. The number of allylic oxidation sites excluding steroid dienone is 10. The van der Waals surface area contributed by atoms with Gasteiger partial charge in [0.15, 0.2) is 5.60 Å². The van der Waals surface area contributed by atoms with Crippen molar-refractivity contribution in [2.75, 3.05) is 13.2 Å². The first-order chi connectivity index (χ1) is 14.0. The van der Waals surface area contributed by atoms with Gasteiger partial charge in [0.1, 0.15) is 0 Å². The van der Waals surface area contributed by atoms with Gasteiger partial charge in [-0.3, -0.25) is 0 Å². The standard InChI is InChI=1S/C26H42O3/c1-5-7-8-9-10-11-12-13-14-15-16-17-18-19-20-21-22-23-24-29-26(3,4)25(27)28-6-2/h7-8,10-11,13-14,16-17,19-20H,5-6,9,12,15,18,21-24H2,1-4H3/b8-7-,11-10-,14-13-,17-16-,20-19-. The maximum atomic E-state index is 11.7. The topological polar surface area (TPSA) is 35.5 Å². The van der Waals surface area contributed by atoms with Crippen molar-refractivity contribution in [1.82, 2.24) is 0 Å². The molecule has 0 bridgehead atoms. The lowest BCUT2D eigenvalue weighted by atomic mass is 10.1. The molecule has 0 aromatic heterocycles. The molecule has 0 aliphatic heterocycles. The fraction of sp³-hybridized carbons (Fsp3) is 0.577. The summed E-state index contributed by atoms with van der Waals surface area (Å²) in [6.07, 6.45) is 30.3. The molecule has 164 valence electrons. The van der Waals surface area contributed by atoms with Crippen molar-refractivity contribution in [3.63, 3.8) is 0 Å². The lowest BCUT2D eigenvalue weighted by Gasteiger charge is -2.22. The molecule has 0 atom stereocenters. The van der Waals surface area contributed by atoms with Gasteiger partial charge in [-0.25, -0.2) is 4.79 Å². The van der Waals surface area contributed by atoms with E-state index in [0.717, 1.165) is 51.4 Å². The minimum Gasteiger partial charge on any atom is -0.464 e. The molecule has 0 aliphatic carbocycles. The lowest BCUT2D eigenvalue weighted by Crippen LogP contribution is -2.37. The predicted octanol–water partition coefficient (Wildman–Crippen LogP) is 7.27. The van der Waals surface area contributed by atoms with Gasteiger partial charge in [-0.15, -0.1) is 0 Å². The minimum atomic E-state index is -0.854. The Morgan fingerprint density at radius 2 is 1.21 bits per heavy atom. The summed E-state index contributed by atoms with van der Waals surface area (Å²) >= 11 is 0. The Hall–Kier alpha value is -1.87. The number of carbonyl (C=O) groups excluding carboxylic acids is 1. The Balaban J connectivity index is 3.61. The Morgan fingerprint density at radius 1 is 0.724 bits per heavy atom. The molecule has 3 heteroatoms. The fourth-order valence-electron chi connectivity index (χ4n) is 2.42. The molecule has 0 aromatic carbocycles. The average Bonchev–Trinajstić information content (AvgIpc) is 2.70. The highest BCUT2D eigenvalue weighted by molar-refractivity contribution is 5.78. The Bertz CT molecular complexity index is 536. The van der Waals surface area contributed by atoms with Crippen LogP contribution in [0.5, 0.6) is 0 Å². The zero-order valence-electron chi connectivity index (χ0n) is 19.1. The molecule has 0 spiro atoms. The van der Waals surface area contributed by atoms with E-state index in [2.05, 4.69) is 67.7 Å². The maximum Gasteiger partial charge on any atom is 0.337 e. The van der Waals surface area contributed by atoms with Crippen LogP contribution in [-0.2, 0) is 14.3 Å². The van der Waals surface area contributed by atoms with Crippen LogP contribution in [0.25, 0.3) is 0 Å². The van der Waals surface area contributed by atoms with Gasteiger partial charge in [-0.1, -0.05) is 67.7 Å². The fourth-order valence-corrected chi connectivity index (χ4v) is 2.42. The van der Waals surface area contributed by atoms with E-state index < -0.39 is 5.60 Å². The van der Waals surface area contributed by atoms with Crippen molar-refractivity contribution in [2.24, 2.45) is 0 Å². The van der Waals surface area contributed by atoms with Crippen molar-refractivity contribution in [3.8, 4) is 0 Å². The third kappa shape index (κ3) is 17.9. The highest BCUT2D eigenvalue weighted by Gasteiger charge is 2.29. The number of hydrogen-bond acceptors (Lipinski definition) is 3. The van der Waals surface area contributed by atoms with Crippen molar-refractivity contribution in [1.29, 1.82) is 0 Å². The number of carbonyl (C=O) groups is 1. The molecule has 29 heavy (non-hydrogen) atoms. The normalized spacial score (nSPS) is 13.1. The largest absolute Gasteiger partial charge is 0.464 e. The summed E-state index contributed by atoms with van der Waals surface area (Å²) in [5.74, 6) is -0.294. The minimum absolute atomic E-state index is 0.294. The van der Waals surface area contributed by atoms with Gasteiger partial charge in [-0.05, 0) is 72.1 Å². The Kier molecular flexibility index (Phi) is 18.2. The van der Waals surface area contributed by atoms with Gasteiger partial charge in [0.2, 0.25) is 0 Å². The average molecular weight is 403 g/mol. The van der Waals surface area contributed by atoms with E-state index >= 15 is 0 Å². The zero-order valence-corrected chi connectivity index (χ0v) is 19.1. The monoisotopic (exact) mass is 402 g/mol. The first-order valence-corrected chi connectivity index (χ1v) is 11.1. The van der Waals surface area contributed by atoms with Crippen LogP contribution in [0.15, 0.2) is 60.8 Å². The second-order valence-corrected chi connectivity index (χ2v) is 7.28. The second kappa shape index (κ2) is 19.4. The third-order valence-electron chi connectivity index (χ3n) is 4.15. The summed E-state index contributed by atoms with van der Waals surface area (Å²) < 4.78 is 10.7. The molecule has 0 radical (unpaired) electrons. The van der Waals surface area contributed by atoms with E-state index in [-0.39, 0.29) is 5.97 Å². The molecule has 0 fully saturated rings. The van der Waals surface area contributed by atoms with Gasteiger partial charge in [-0.2, -0.15) is 0 Å². The van der Waals surface area contributed by atoms with E-state index in [1.54, 1.807) is 20.8 Å². The number of rotatable bonds is 17. The van der Waals surface area contributed by atoms with Crippen LogP contribution in [-0.4, -0.2) is 24.8 Å². The number of esters is 1. The van der Waals surface area contributed by atoms with Crippen LogP contribution < -0.4 is 0 Å². The number of ether oxygens (including phenoxy) is 2. The quantitative estimate of drug-likeness (QED) is 0.146. The van der Waals surface area contributed by atoms with Crippen molar-refractivity contribution in [3.05, 3.63) is 60.8 Å². The van der Waals surface area contributed by atoms with Crippen molar-refractivity contribution < 1.29 is 14.3 Å². The highest BCUT2D eigenvalue weighted by atomic mass is 16.6. The predicted molar refractivity (Wildman–Crippen MR) is 125 cm³/mol. The van der Waals surface area contributed by atoms with Crippen LogP contribution in [0.2, 0.25) is 0 Å². The van der Waals surface area contributed by atoms with Crippen LogP contribution in [0.4, 0.5) is 0 Å².